The van der Waals surface area contributed by atoms with E-state index in [0.717, 1.165) is 0 Å². The summed E-state index contributed by atoms with van der Waals surface area (Å²) in [4.78, 5) is 25.5. The SMILES string of the molecule is COC(=O)c1ccc(OC2CCN(c3ccccc3OC(F)F)C2=O)cc1. The fourth-order valence-electron chi connectivity index (χ4n) is 2.83. The number of hydrogen-bond acceptors (Lipinski definition) is 5. The van der Waals surface area contributed by atoms with E-state index in [1.165, 1.54) is 30.2 Å². The number of alkyl halides is 2. The molecule has 0 saturated carbocycles. The Labute approximate surface area is 154 Å². The first-order chi connectivity index (χ1) is 13.0. The highest BCUT2D eigenvalue weighted by molar-refractivity contribution is 6.00. The summed E-state index contributed by atoms with van der Waals surface area (Å²) in [6, 6.07) is 12.3. The first-order valence-electron chi connectivity index (χ1n) is 8.20. The zero-order valence-electron chi connectivity index (χ0n) is 14.4. The third-order valence-corrected chi connectivity index (χ3v) is 4.08. The van der Waals surface area contributed by atoms with Gasteiger partial charge in [0, 0.05) is 13.0 Å². The average Bonchev–Trinajstić information content (AvgIpc) is 3.02. The van der Waals surface area contributed by atoms with Crippen LogP contribution in [0, 0.1) is 0 Å². The number of halogens is 2. The number of rotatable bonds is 6. The van der Waals surface area contributed by atoms with Crippen LogP contribution >= 0.6 is 0 Å². The standard InChI is InChI=1S/C19H17F2NO5/c1-25-18(24)12-6-8-13(9-7-12)26-16-10-11-22(17(16)23)14-4-2-3-5-15(14)27-19(20)21/h2-9,16,19H,10-11H2,1H3. The van der Waals surface area contributed by atoms with Gasteiger partial charge >= 0.3 is 12.6 Å². The van der Waals surface area contributed by atoms with Crippen molar-refractivity contribution in [2.24, 2.45) is 0 Å². The van der Waals surface area contributed by atoms with Crippen LogP contribution in [0.5, 0.6) is 11.5 Å². The lowest BCUT2D eigenvalue weighted by molar-refractivity contribution is -0.123. The number of nitrogens with zero attached hydrogens (tertiary/aromatic N) is 1. The van der Waals surface area contributed by atoms with Crippen molar-refractivity contribution in [2.45, 2.75) is 19.1 Å². The molecule has 2 aromatic rings. The number of methoxy groups -OCH3 is 1. The number of carbonyl (C=O) groups excluding carboxylic acids is 2. The molecule has 1 aliphatic heterocycles. The van der Waals surface area contributed by atoms with Crippen LogP contribution in [0.25, 0.3) is 0 Å². The number of benzene rings is 2. The Morgan fingerprint density at radius 3 is 2.52 bits per heavy atom. The maximum Gasteiger partial charge on any atom is 0.387 e. The van der Waals surface area contributed by atoms with Crippen LogP contribution in [0.1, 0.15) is 16.8 Å². The van der Waals surface area contributed by atoms with Crippen molar-refractivity contribution in [2.75, 3.05) is 18.6 Å². The zero-order chi connectivity index (χ0) is 19.4. The minimum Gasteiger partial charge on any atom is -0.481 e. The molecule has 0 radical (unpaired) electrons. The molecule has 1 atom stereocenters. The quantitative estimate of drug-likeness (QED) is 0.723. The molecule has 6 nitrogen and oxygen atoms in total. The van der Waals surface area contributed by atoms with Crippen molar-refractivity contribution in [3.05, 3.63) is 54.1 Å². The van der Waals surface area contributed by atoms with E-state index in [2.05, 4.69) is 9.47 Å². The van der Waals surface area contributed by atoms with Crippen molar-refractivity contribution in [1.82, 2.24) is 0 Å². The molecule has 1 heterocycles. The molecule has 1 fully saturated rings. The zero-order valence-corrected chi connectivity index (χ0v) is 14.4. The third-order valence-electron chi connectivity index (χ3n) is 4.08. The summed E-state index contributed by atoms with van der Waals surface area (Å²) in [5, 5.41) is 0. The molecule has 8 heteroatoms. The van der Waals surface area contributed by atoms with E-state index < -0.39 is 18.7 Å². The second kappa shape index (κ2) is 8.03. The largest absolute Gasteiger partial charge is 0.481 e. The van der Waals surface area contributed by atoms with Gasteiger partial charge in [-0.3, -0.25) is 4.79 Å². The minimum atomic E-state index is -2.98. The molecule has 142 valence electrons. The summed E-state index contributed by atoms with van der Waals surface area (Å²) in [7, 11) is 1.29. The topological polar surface area (TPSA) is 65.1 Å². The molecular weight excluding hydrogens is 360 g/mol. The van der Waals surface area contributed by atoms with Gasteiger partial charge in [0.2, 0.25) is 0 Å². The van der Waals surface area contributed by atoms with Gasteiger partial charge in [0.1, 0.15) is 11.5 Å². The van der Waals surface area contributed by atoms with E-state index in [1.54, 1.807) is 30.3 Å². The van der Waals surface area contributed by atoms with Crippen LogP contribution < -0.4 is 14.4 Å². The first-order valence-corrected chi connectivity index (χ1v) is 8.20. The highest BCUT2D eigenvalue weighted by atomic mass is 19.3. The molecule has 2 aromatic carbocycles. The molecule has 1 aliphatic rings. The monoisotopic (exact) mass is 377 g/mol. The number of carbonyl (C=O) groups is 2. The Kier molecular flexibility index (Phi) is 5.54. The fourth-order valence-corrected chi connectivity index (χ4v) is 2.83. The number of amides is 1. The van der Waals surface area contributed by atoms with E-state index in [0.29, 0.717) is 24.3 Å². The second-order valence-corrected chi connectivity index (χ2v) is 5.75. The predicted molar refractivity (Wildman–Crippen MR) is 92.2 cm³/mol. The number of hydrogen-bond donors (Lipinski definition) is 0. The maximum absolute atomic E-state index is 12.7. The maximum atomic E-state index is 12.7. The van der Waals surface area contributed by atoms with Crippen LogP contribution in [0.3, 0.4) is 0 Å². The molecular formula is C19H17F2NO5. The van der Waals surface area contributed by atoms with Gasteiger partial charge in [-0.25, -0.2) is 4.79 Å². The van der Waals surface area contributed by atoms with E-state index in [1.807, 2.05) is 0 Å². The van der Waals surface area contributed by atoms with E-state index in [9.17, 15) is 18.4 Å². The van der Waals surface area contributed by atoms with Gasteiger partial charge in [-0.05, 0) is 36.4 Å². The number of para-hydroxylation sites is 2. The highest BCUT2D eigenvalue weighted by Crippen LogP contribution is 2.33. The summed E-state index contributed by atoms with van der Waals surface area (Å²) < 4.78 is 40.0. The lowest BCUT2D eigenvalue weighted by Gasteiger charge is -2.20. The summed E-state index contributed by atoms with van der Waals surface area (Å²) in [5.74, 6) is -0.471. The third kappa shape index (κ3) is 4.16. The van der Waals surface area contributed by atoms with E-state index in [-0.39, 0.29) is 17.3 Å². The molecule has 1 amide bonds. The Bertz CT molecular complexity index is 825. The summed E-state index contributed by atoms with van der Waals surface area (Å²) in [5.41, 5.74) is 0.636. The van der Waals surface area contributed by atoms with Gasteiger partial charge in [0.25, 0.3) is 5.91 Å². The smallest absolute Gasteiger partial charge is 0.387 e. The number of ether oxygens (including phenoxy) is 3. The lowest BCUT2D eigenvalue weighted by atomic mass is 10.2. The highest BCUT2D eigenvalue weighted by Gasteiger charge is 2.35. The number of esters is 1. The van der Waals surface area contributed by atoms with Crippen LogP contribution in [0.2, 0.25) is 0 Å². The second-order valence-electron chi connectivity index (χ2n) is 5.75. The van der Waals surface area contributed by atoms with Crippen molar-refractivity contribution in [3.8, 4) is 11.5 Å². The van der Waals surface area contributed by atoms with Crippen molar-refractivity contribution >= 4 is 17.6 Å². The summed E-state index contributed by atoms with van der Waals surface area (Å²) >= 11 is 0. The fraction of sp³-hybridized carbons (Fsp3) is 0.263. The Hall–Kier alpha value is -3.16. The molecule has 0 N–H and O–H groups in total. The van der Waals surface area contributed by atoms with Crippen LogP contribution in [-0.4, -0.2) is 38.2 Å². The molecule has 0 aromatic heterocycles. The first kappa shape index (κ1) is 18.6. The Balaban J connectivity index is 1.71. The average molecular weight is 377 g/mol. The van der Waals surface area contributed by atoms with E-state index >= 15 is 0 Å². The lowest BCUT2D eigenvalue weighted by Crippen LogP contribution is -2.32. The Morgan fingerprint density at radius 2 is 1.85 bits per heavy atom. The van der Waals surface area contributed by atoms with Crippen molar-refractivity contribution in [1.29, 1.82) is 0 Å². The van der Waals surface area contributed by atoms with Gasteiger partial charge in [-0.2, -0.15) is 8.78 Å². The molecule has 27 heavy (non-hydrogen) atoms. The van der Waals surface area contributed by atoms with Gasteiger partial charge in [0.05, 0.1) is 18.4 Å². The van der Waals surface area contributed by atoms with Gasteiger partial charge < -0.3 is 19.1 Å². The van der Waals surface area contributed by atoms with Crippen molar-refractivity contribution in [3.63, 3.8) is 0 Å². The minimum absolute atomic E-state index is 0.0658. The molecule has 0 spiro atoms. The molecule has 0 aliphatic carbocycles. The molecule has 3 rings (SSSR count). The predicted octanol–water partition coefficient (Wildman–Crippen LogP) is 3.26. The molecule has 1 unspecified atom stereocenters. The van der Waals surface area contributed by atoms with Gasteiger partial charge in [0.15, 0.2) is 6.10 Å². The van der Waals surface area contributed by atoms with Crippen LogP contribution in [-0.2, 0) is 9.53 Å². The van der Waals surface area contributed by atoms with Crippen molar-refractivity contribution < 1.29 is 32.6 Å². The van der Waals surface area contributed by atoms with Gasteiger partial charge in [-0.1, -0.05) is 12.1 Å². The molecule has 1 saturated heterocycles. The van der Waals surface area contributed by atoms with Crippen LogP contribution in [0.4, 0.5) is 14.5 Å². The summed E-state index contributed by atoms with van der Waals surface area (Å²) in [6.45, 7) is -2.67. The molecule has 0 bridgehead atoms. The summed E-state index contributed by atoms with van der Waals surface area (Å²) in [6.07, 6.45) is -0.366. The van der Waals surface area contributed by atoms with E-state index in [4.69, 9.17) is 4.74 Å². The Morgan fingerprint density at radius 1 is 1.15 bits per heavy atom. The van der Waals surface area contributed by atoms with Gasteiger partial charge in [-0.15, -0.1) is 0 Å². The van der Waals surface area contributed by atoms with Crippen LogP contribution in [0.15, 0.2) is 48.5 Å². The number of anilines is 1. The normalized spacial score (nSPS) is 16.5.